The van der Waals surface area contributed by atoms with Gasteiger partial charge in [-0.05, 0) is 67.1 Å². The van der Waals surface area contributed by atoms with Crippen molar-refractivity contribution in [1.29, 1.82) is 0 Å². The Morgan fingerprint density at radius 1 is 0.871 bits per heavy atom. The van der Waals surface area contributed by atoms with Crippen molar-refractivity contribution in [2.45, 2.75) is 19.3 Å². The van der Waals surface area contributed by atoms with Crippen LogP contribution in [-0.4, -0.2) is 28.0 Å². The molecule has 31 heavy (non-hydrogen) atoms. The second-order valence-corrected chi connectivity index (χ2v) is 8.15. The van der Waals surface area contributed by atoms with Crippen molar-refractivity contribution in [3.8, 4) is 22.5 Å². The summed E-state index contributed by atoms with van der Waals surface area (Å²) in [6, 6.07) is 21.2. The molecule has 0 aliphatic carbocycles. The minimum absolute atomic E-state index is 0.245. The fraction of sp³-hybridized carbons (Fsp3) is 0.231. The number of anilines is 1. The summed E-state index contributed by atoms with van der Waals surface area (Å²) in [5.41, 5.74) is 5.11. The van der Waals surface area contributed by atoms with Crippen molar-refractivity contribution in [1.82, 2.24) is 15.0 Å². The summed E-state index contributed by atoms with van der Waals surface area (Å²) < 4.78 is 13.5. The van der Waals surface area contributed by atoms with Gasteiger partial charge in [-0.1, -0.05) is 30.3 Å². The van der Waals surface area contributed by atoms with Crippen LogP contribution in [0.25, 0.3) is 22.5 Å². The Morgan fingerprint density at radius 3 is 2.29 bits per heavy atom. The van der Waals surface area contributed by atoms with Gasteiger partial charge in [0, 0.05) is 36.6 Å². The van der Waals surface area contributed by atoms with E-state index in [0.29, 0.717) is 5.92 Å². The molecular formula is C26H25FN4. The van der Waals surface area contributed by atoms with Crippen LogP contribution in [0.5, 0.6) is 0 Å². The minimum Gasteiger partial charge on any atom is -0.342 e. The van der Waals surface area contributed by atoms with Crippen LogP contribution in [0.3, 0.4) is 0 Å². The number of benzene rings is 2. The number of nitrogens with zero attached hydrogens (tertiary/aromatic N) is 3. The van der Waals surface area contributed by atoms with Crippen LogP contribution in [0.15, 0.2) is 79.1 Å². The predicted octanol–water partition coefficient (Wildman–Crippen LogP) is 5.74. The zero-order valence-electron chi connectivity index (χ0n) is 17.3. The lowest BCUT2D eigenvalue weighted by molar-refractivity contribution is 0.401. The van der Waals surface area contributed by atoms with Crippen molar-refractivity contribution < 1.29 is 4.39 Å². The maximum absolute atomic E-state index is 13.5. The van der Waals surface area contributed by atoms with Gasteiger partial charge in [-0.3, -0.25) is 4.98 Å². The maximum Gasteiger partial charge on any atom is 0.203 e. The molecule has 1 saturated heterocycles. The van der Waals surface area contributed by atoms with E-state index in [2.05, 4.69) is 45.2 Å². The Labute approximate surface area is 181 Å². The highest BCUT2D eigenvalue weighted by Crippen LogP contribution is 2.33. The topological polar surface area (TPSA) is 44.8 Å². The molecular weight excluding hydrogens is 387 g/mol. The standard InChI is InChI=1S/C26H25FN4/c27-23-8-6-21(7-9-23)24-25(22-10-14-28-15-11-22)30-26(29-24)31-16-12-20(13-17-31)18-19-4-2-1-3-5-19/h1-11,14-15,20H,12-13,16-18H2,(H,29,30). The third-order valence-corrected chi connectivity index (χ3v) is 6.06. The van der Waals surface area contributed by atoms with Gasteiger partial charge in [0.2, 0.25) is 5.95 Å². The molecule has 0 bridgehead atoms. The first-order valence-corrected chi connectivity index (χ1v) is 10.8. The molecule has 0 radical (unpaired) electrons. The number of aromatic nitrogens is 3. The summed E-state index contributed by atoms with van der Waals surface area (Å²) in [6.45, 7) is 1.95. The summed E-state index contributed by atoms with van der Waals surface area (Å²) in [4.78, 5) is 14.9. The number of pyridine rings is 1. The maximum atomic E-state index is 13.5. The molecule has 1 fully saturated rings. The summed E-state index contributed by atoms with van der Waals surface area (Å²) in [5, 5.41) is 0. The molecule has 156 valence electrons. The number of nitrogens with one attached hydrogen (secondary N) is 1. The van der Waals surface area contributed by atoms with E-state index in [1.807, 2.05) is 12.1 Å². The Balaban J connectivity index is 1.38. The first-order valence-electron chi connectivity index (χ1n) is 10.8. The monoisotopic (exact) mass is 412 g/mol. The smallest absolute Gasteiger partial charge is 0.203 e. The van der Waals surface area contributed by atoms with Gasteiger partial charge in [0.05, 0.1) is 11.4 Å². The second-order valence-electron chi connectivity index (χ2n) is 8.15. The van der Waals surface area contributed by atoms with E-state index in [4.69, 9.17) is 4.98 Å². The van der Waals surface area contributed by atoms with Crippen molar-refractivity contribution in [2.75, 3.05) is 18.0 Å². The molecule has 0 amide bonds. The number of hydrogen-bond acceptors (Lipinski definition) is 3. The molecule has 0 spiro atoms. The molecule has 1 N–H and O–H groups in total. The molecule has 1 aliphatic rings. The van der Waals surface area contributed by atoms with Gasteiger partial charge in [0.1, 0.15) is 5.82 Å². The number of halogens is 1. The molecule has 0 saturated carbocycles. The van der Waals surface area contributed by atoms with Gasteiger partial charge in [-0.25, -0.2) is 9.37 Å². The van der Waals surface area contributed by atoms with Crippen LogP contribution in [0.1, 0.15) is 18.4 Å². The largest absolute Gasteiger partial charge is 0.342 e. The van der Waals surface area contributed by atoms with Crippen molar-refractivity contribution in [3.05, 3.63) is 90.5 Å². The van der Waals surface area contributed by atoms with E-state index >= 15 is 0 Å². The number of aromatic amines is 1. The Morgan fingerprint density at radius 2 is 1.58 bits per heavy atom. The Hall–Kier alpha value is -3.47. The van der Waals surface area contributed by atoms with E-state index in [-0.39, 0.29) is 5.82 Å². The highest BCUT2D eigenvalue weighted by molar-refractivity contribution is 5.80. The summed E-state index contributed by atoms with van der Waals surface area (Å²) >= 11 is 0. The average molecular weight is 413 g/mol. The van der Waals surface area contributed by atoms with Crippen LogP contribution in [0.2, 0.25) is 0 Å². The number of piperidine rings is 1. The van der Waals surface area contributed by atoms with E-state index in [1.54, 1.807) is 24.5 Å². The molecule has 2 aromatic heterocycles. The SMILES string of the molecule is Fc1ccc(-c2nc(N3CCC(Cc4ccccc4)CC3)[nH]c2-c2ccncc2)cc1. The summed E-state index contributed by atoms with van der Waals surface area (Å²) in [7, 11) is 0. The van der Waals surface area contributed by atoms with Crippen molar-refractivity contribution in [3.63, 3.8) is 0 Å². The van der Waals surface area contributed by atoms with Crippen LogP contribution in [0.4, 0.5) is 10.3 Å². The Bertz CT molecular complexity index is 1120. The van der Waals surface area contributed by atoms with Crippen LogP contribution in [-0.2, 0) is 6.42 Å². The van der Waals surface area contributed by atoms with Gasteiger partial charge < -0.3 is 9.88 Å². The molecule has 5 heteroatoms. The summed E-state index contributed by atoms with van der Waals surface area (Å²) in [6.07, 6.45) is 6.98. The third-order valence-electron chi connectivity index (χ3n) is 6.06. The quantitative estimate of drug-likeness (QED) is 0.455. The van der Waals surface area contributed by atoms with E-state index in [9.17, 15) is 4.39 Å². The normalized spacial score (nSPS) is 14.7. The summed E-state index contributed by atoms with van der Waals surface area (Å²) in [5.74, 6) is 1.33. The van der Waals surface area contributed by atoms with Gasteiger partial charge >= 0.3 is 0 Å². The molecule has 2 aromatic carbocycles. The van der Waals surface area contributed by atoms with Crippen LogP contribution < -0.4 is 4.90 Å². The second kappa shape index (κ2) is 8.72. The highest BCUT2D eigenvalue weighted by atomic mass is 19.1. The Kier molecular flexibility index (Phi) is 5.48. The molecule has 0 atom stereocenters. The lowest BCUT2D eigenvalue weighted by Crippen LogP contribution is -2.35. The number of H-pyrrole nitrogens is 1. The molecule has 4 aromatic rings. The molecule has 5 rings (SSSR count). The molecule has 0 unspecified atom stereocenters. The van der Waals surface area contributed by atoms with E-state index < -0.39 is 0 Å². The van der Waals surface area contributed by atoms with E-state index in [1.165, 1.54) is 17.7 Å². The number of imidazole rings is 1. The van der Waals surface area contributed by atoms with Gasteiger partial charge in [-0.2, -0.15) is 0 Å². The predicted molar refractivity (Wildman–Crippen MR) is 122 cm³/mol. The van der Waals surface area contributed by atoms with Crippen LogP contribution in [0, 0.1) is 11.7 Å². The lowest BCUT2D eigenvalue weighted by atomic mass is 9.90. The zero-order chi connectivity index (χ0) is 21.0. The lowest BCUT2D eigenvalue weighted by Gasteiger charge is -2.31. The number of hydrogen-bond donors (Lipinski definition) is 1. The first-order chi connectivity index (χ1) is 15.3. The van der Waals surface area contributed by atoms with Crippen molar-refractivity contribution in [2.24, 2.45) is 5.92 Å². The molecule has 1 aliphatic heterocycles. The number of rotatable bonds is 5. The van der Waals surface area contributed by atoms with E-state index in [0.717, 1.165) is 60.8 Å². The zero-order valence-corrected chi connectivity index (χ0v) is 17.3. The fourth-order valence-electron chi connectivity index (χ4n) is 4.35. The average Bonchev–Trinajstić information content (AvgIpc) is 3.27. The highest BCUT2D eigenvalue weighted by Gasteiger charge is 2.23. The van der Waals surface area contributed by atoms with Crippen LogP contribution >= 0.6 is 0 Å². The van der Waals surface area contributed by atoms with Gasteiger partial charge in [0.15, 0.2) is 0 Å². The van der Waals surface area contributed by atoms with Gasteiger partial charge in [0.25, 0.3) is 0 Å². The molecule has 3 heterocycles. The molecule has 4 nitrogen and oxygen atoms in total. The fourth-order valence-corrected chi connectivity index (χ4v) is 4.35. The third kappa shape index (κ3) is 4.36. The van der Waals surface area contributed by atoms with Crippen molar-refractivity contribution >= 4 is 5.95 Å². The van der Waals surface area contributed by atoms with Gasteiger partial charge in [-0.15, -0.1) is 0 Å². The first kappa shape index (κ1) is 19.5. The minimum atomic E-state index is -0.245.